The van der Waals surface area contributed by atoms with Gasteiger partial charge in [0.25, 0.3) is 0 Å². The van der Waals surface area contributed by atoms with E-state index >= 15 is 0 Å². The van der Waals surface area contributed by atoms with Gasteiger partial charge in [0.2, 0.25) is 0 Å². The van der Waals surface area contributed by atoms with E-state index in [0.29, 0.717) is 5.92 Å². The maximum absolute atomic E-state index is 4.48. The lowest BCUT2D eigenvalue weighted by atomic mass is 9.73. The van der Waals surface area contributed by atoms with Crippen molar-refractivity contribution in [3.05, 3.63) is 84.1 Å². The van der Waals surface area contributed by atoms with Gasteiger partial charge in [-0.25, -0.2) is 4.98 Å². The zero-order valence-electron chi connectivity index (χ0n) is 14.8. The number of aromatic nitrogens is 3. The summed E-state index contributed by atoms with van der Waals surface area (Å²) in [7, 11) is 0. The Morgan fingerprint density at radius 2 is 1.73 bits per heavy atom. The van der Waals surface area contributed by atoms with Crippen LogP contribution in [-0.4, -0.2) is 28.0 Å². The highest BCUT2D eigenvalue weighted by Crippen LogP contribution is 2.53. The first-order valence-electron chi connectivity index (χ1n) is 9.36. The van der Waals surface area contributed by atoms with E-state index in [2.05, 4.69) is 56.3 Å². The van der Waals surface area contributed by atoms with E-state index in [1.165, 1.54) is 17.5 Å². The van der Waals surface area contributed by atoms with Gasteiger partial charge in [0.1, 0.15) is 5.82 Å². The molecule has 1 aliphatic carbocycles. The molecule has 1 fully saturated rings. The molecule has 2 aliphatic rings. The third-order valence-corrected chi connectivity index (χ3v) is 6.18. The number of pyridine rings is 1. The summed E-state index contributed by atoms with van der Waals surface area (Å²) in [4.78, 5) is 15.4. The van der Waals surface area contributed by atoms with Crippen LogP contribution in [0.1, 0.15) is 41.9 Å². The minimum absolute atomic E-state index is 0.274. The topological polar surface area (TPSA) is 41.9 Å². The number of fused-ring (bicyclic) bond motifs is 2. The van der Waals surface area contributed by atoms with Gasteiger partial charge in [-0.3, -0.25) is 9.97 Å². The van der Waals surface area contributed by atoms with Crippen LogP contribution in [0.4, 0.5) is 5.82 Å². The van der Waals surface area contributed by atoms with Crippen LogP contribution >= 0.6 is 0 Å². The summed E-state index contributed by atoms with van der Waals surface area (Å²) < 4.78 is 0. The Morgan fingerprint density at radius 3 is 2.50 bits per heavy atom. The second-order valence-corrected chi connectivity index (χ2v) is 7.46. The standard InChI is InChI=1S/C22H22N4/c1-2-6-20-18(5-1)19(17-4-3-9-23-15-17)14-22(20)7-12-26(13-8-22)21-16-24-10-11-25-21/h1-6,9-11,15-16,19H,7-8,12-14H2/t19-/m1/s1. The summed E-state index contributed by atoms with van der Waals surface area (Å²) in [6.07, 6.45) is 12.8. The van der Waals surface area contributed by atoms with Gasteiger partial charge in [-0.15, -0.1) is 0 Å². The molecule has 1 aromatic carbocycles. The van der Waals surface area contributed by atoms with Crippen LogP contribution in [0.3, 0.4) is 0 Å². The first-order chi connectivity index (χ1) is 12.9. The minimum Gasteiger partial charge on any atom is -0.355 e. The van der Waals surface area contributed by atoms with Gasteiger partial charge in [0, 0.05) is 43.8 Å². The van der Waals surface area contributed by atoms with Crippen LogP contribution in [0.5, 0.6) is 0 Å². The van der Waals surface area contributed by atoms with E-state index < -0.39 is 0 Å². The van der Waals surface area contributed by atoms with E-state index in [-0.39, 0.29) is 5.41 Å². The average Bonchev–Trinajstić information content (AvgIpc) is 3.04. The Bertz CT molecular complexity index is 886. The normalized spacial score (nSPS) is 20.9. The molecule has 3 aromatic rings. The third-order valence-electron chi connectivity index (χ3n) is 6.18. The van der Waals surface area contributed by atoms with Crippen LogP contribution in [0.25, 0.3) is 0 Å². The van der Waals surface area contributed by atoms with Crippen molar-refractivity contribution in [1.29, 1.82) is 0 Å². The molecular formula is C22H22N4. The Balaban J connectivity index is 1.45. The fraction of sp³-hybridized carbons (Fsp3) is 0.318. The van der Waals surface area contributed by atoms with Crippen LogP contribution in [0.15, 0.2) is 67.4 Å². The second kappa shape index (κ2) is 6.20. The smallest absolute Gasteiger partial charge is 0.147 e. The summed E-state index contributed by atoms with van der Waals surface area (Å²) in [6.45, 7) is 2.07. The van der Waals surface area contributed by atoms with Crippen molar-refractivity contribution < 1.29 is 0 Å². The molecule has 1 spiro atoms. The minimum atomic E-state index is 0.274. The highest BCUT2D eigenvalue weighted by Gasteiger charge is 2.45. The van der Waals surface area contributed by atoms with Crippen LogP contribution < -0.4 is 4.90 Å². The number of rotatable bonds is 2. The lowest BCUT2D eigenvalue weighted by Gasteiger charge is -2.40. The first-order valence-corrected chi connectivity index (χ1v) is 9.36. The zero-order chi connectivity index (χ0) is 17.4. The van der Waals surface area contributed by atoms with Gasteiger partial charge in [0.05, 0.1) is 6.20 Å². The van der Waals surface area contributed by atoms with Crippen LogP contribution in [0.2, 0.25) is 0 Å². The molecule has 1 saturated heterocycles. The van der Waals surface area contributed by atoms with Crippen molar-refractivity contribution in [3.8, 4) is 0 Å². The third kappa shape index (κ3) is 2.48. The van der Waals surface area contributed by atoms with Gasteiger partial charge < -0.3 is 4.90 Å². The van der Waals surface area contributed by atoms with Crippen molar-refractivity contribution in [2.75, 3.05) is 18.0 Å². The molecule has 4 heteroatoms. The quantitative estimate of drug-likeness (QED) is 0.707. The average molecular weight is 342 g/mol. The summed E-state index contributed by atoms with van der Waals surface area (Å²) in [5, 5.41) is 0. The molecular weight excluding hydrogens is 320 g/mol. The molecule has 3 heterocycles. The van der Waals surface area contributed by atoms with Crippen molar-refractivity contribution in [1.82, 2.24) is 15.0 Å². The zero-order valence-corrected chi connectivity index (χ0v) is 14.8. The number of anilines is 1. The van der Waals surface area contributed by atoms with Crippen molar-refractivity contribution in [2.24, 2.45) is 0 Å². The summed E-state index contributed by atoms with van der Waals surface area (Å²) in [5.41, 5.74) is 4.66. The lowest BCUT2D eigenvalue weighted by Crippen LogP contribution is -2.42. The highest BCUT2D eigenvalue weighted by atomic mass is 15.2. The predicted molar refractivity (Wildman–Crippen MR) is 102 cm³/mol. The first kappa shape index (κ1) is 15.5. The van der Waals surface area contributed by atoms with Gasteiger partial charge in [-0.05, 0) is 47.4 Å². The van der Waals surface area contributed by atoms with Gasteiger partial charge in [0.15, 0.2) is 0 Å². The molecule has 130 valence electrons. The fourth-order valence-corrected chi connectivity index (χ4v) is 4.87. The van der Waals surface area contributed by atoms with Crippen LogP contribution in [-0.2, 0) is 5.41 Å². The second-order valence-electron chi connectivity index (χ2n) is 7.46. The van der Waals surface area contributed by atoms with E-state index in [0.717, 1.165) is 31.7 Å². The van der Waals surface area contributed by atoms with Crippen LogP contribution in [0, 0.1) is 0 Å². The molecule has 0 unspecified atom stereocenters. The van der Waals surface area contributed by atoms with Crippen molar-refractivity contribution >= 4 is 5.82 Å². The van der Waals surface area contributed by atoms with E-state index in [9.17, 15) is 0 Å². The van der Waals surface area contributed by atoms with Gasteiger partial charge in [-0.1, -0.05) is 30.3 Å². The highest BCUT2D eigenvalue weighted by molar-refractivity contribution is 5.49. The number of nitrogens with zero attached hydrogens (tertiary/aromatic N) is 4. The summed E-state index contributed by atoms with van der Waals surface area (Å²) >= 11 is 0. The summed E-state index contributed by atoms with van der Waals surface area (Å²) in [6, 6.07) is 13.3. The number of hydrogen-bond donors (Lipinski definition) is 0. The van der Waals surface area contributed by atoms with Gasteiger partial charge in [-0.2, -0.15) is 0 Å². The molecule has 1 atom stereocenters. The molecule has 26 heavy (non-hydrogen) atoms. The molecule has 0 radical (unpaired) electrons. The Labute approximate surface area is 154 Å². The largest absolute Gasteiger partial charge is 0.355 e. The molecule has 0 bridgehead atoms. The number of piperidine rings is 1. The van der Waals surface area contributed by atoms with Crippen molar-refractivity contribution in [2.45, 2.75) is 30.6 Å². The lowest BCUT2D eigenvalue weighted by molar-refractivity contribution is 0.321. The van der Waals surface area contributed by atoms with E-state index in [4.69, 9.17) is 0 Å². The monoisotopic (exact) mass is 342 g/mol. The molecule has 0 N–H and O–H groups in total. The summed E-state index contributed by atoms with van der Waals surface area (Å²) in [5.74, 6) is 1.46. The van der Waals surface area contributed by atoms with E-state index in [1.807, 2.05) is 18.6 Å². The predicted octanol–water partition coefficient (Wildman–Crippen LogP) is 3.95. The Hall–Kier alpha value is -2.75. The molecule has 0 saturated carbocycles. The maximum atomic E-state index is 4.48. The fourth-order valence-electron chi connectivity index (χ4n) is 4.87. The maximum Gasteiger partial charge on any atom is 0.147 e. The Kier molecular flexibility index (Phi) is 3.70. The number of benzene rings is 1. The molecule has 2 aromatic heterocycles. The number of hydrogen-bond acceptors (Lipinski definition) is 4. The molecule has 4 nitrogen and oxygen atoms in total. The van der Waals surface area contributed by atoms with Gasteiger partial charge >= 0.3 is 0 Å². The van der Waals surface area contributed by atoms with E-state index in [1.54, 1.807) is 18.0 Å². The Morgan fingerprint density at radius 1 is 0.885 bits per heavy atom. The SMILES string of the molecule is c1cncc([C@H]2CC3(CCN(c4cnccn4)CC3)c3ccccc32)c1. The molecule has 5 rings (SSSR count). The molecule has 0 amide bonds. The molecule has 1 aliphatic heterocycles. The van der Waals surface area contributed by atoms with Crippen molar-refractivity contribution in [3.63, 3.8) is 0 Å².